The molecule has 340 valence electrons. The van der Waals surface area contributed by atoms with Crippen LogP contribution in [0.3, 0.4) is 0 Å². The zero-order chi connectivity index (χ0) is 42.2. The molecule has 0 saturated carbocycles. The molecule has 0 saturated heterocycles. The number of amides is 2. The van der Waals surface area contributed by atoms with Crippen LogP contribution in [0.15, 0.2) is 0 Å². The number of carbonyl (C=O) groups excluding carboxylic acids is 2. The lowest BCUT2D eigenvalue weighted by atomic mass is 9.94. The van der Waals surface area contributed by atoms with E-state index in [-0.39, 0.29) is 25.0 Å². The fourth-order valence-electron chi connectivity index (χ4n) is 8.76. The topological polar surface area (TPSA) is 49.9 Å². The summed E-state index contributed by atoms with van der Waals surface area (Å²) >= 11 is 0. The summed E-state index contributed by atoms with van der Waals surface area (Å²) in [5.74, 6) is 2.28. The number of hydrogen-bond donors (Lipinski definition) is 0. The van der Waals surface area contributed by atoms with Crippen LogP contribution in [-0.2, 0) is 14.3 Å². The van der Waals surface area contributed by atoms with Crippen LogP contribution in [0.1, 0.15) is 261 Å². The molecule has 0 fully saturated rings. The third-order valence-corrected chi connectivity index (χ3v) is 13.2. The summed E-state index contributed by atoms with van der Waals surface area (Å²) in [4.78, 5) is 32.4. The summed E-state index contributed by atoms with van der Waals surface area (Å²) in [6, 6.07) is 0. The van der Waals surface area contributed by atoms with Crippen molar-refractivity contribution in [2.24, 2.45) is 23.7 Å². The SMILES string of the molecule is CCCCCCCCC(CC)CN(CC(CC)CCCCCCCC)C(=O)COCC(=O)N(CC(CC)CCCCCCCC)CC(CC)CCCCCCCC. The molecule has 0 radical (unpaired) electrons. The number of carbonyl (C=O) groups is 2. The van der Waals surface area contributed by atoms with E-state index < -0.39 is 0 Å². The van der Waals surface area contributed by atoms with E-state index in [0.717, 1.165) is 51.9 Å². The minimum absolute atomic E-state index is 0.0183. The van der Waals surface area contributed by atoms with Crippen molar-refractivity contribution >= 4 is 11.8 Å². The molecule has 4 atom stereocenters. The van der Waals surface area contributed by atoms with Crippen LogP contribution in [-0.4, -0.2) is 61.0 Å². The predicted molar refractivity (Wildman–Crippen MR) is 251 cm³/mol. The Morgan fingerprint density at radius 1 is 0.333 bits per heavy atom. The minimum Gasteiger partial charge on any atom is -0.362 e. The lowest BCUT2D eigenvalue weighted by Crippen LogP contribution is -2.43. The zero-order valence-electron chi connectivity index (χ0n) is 40.3. The third-order valence-electron chi connectivity index (χ3n) is 13.2. The normalized spacial score (nSPS) is 13.8. The van der Waals surface area contributed by atoms with Gasteiger partial charge in [-0.2, -0.15) is 0 Å². The van der Waals surface area contributed by atoms with Crippen LogP contribution in [0.4, 0.5) is 0 Å². The van der Waals surface area contributed by atoms with Gasteiger partial charge < -0.3 is 14.5 Å². The maximum atomic E-state index is 14.0. The molecule has 0 aromatic carbocycles. The Morgan fingerprint density at radius 3 is 0.754 bits per heavy atom. The molecule has 0 aliphatic heterocycles. The second-order valence-corrected chi connectivity index (χ2v) is 18.4. The van der Waals surface area contributed by atoms with E-state index >= 15 is 0 Å². The smallest absolute Gasteiger partial charge is 0.248 e. The second-order valence-electron chi connectivity index (χ2n) is 18.4. The van der Waals surface area contributed by atoms with Gasteiger partial charge in [0.05, 0.1) is 0 Å². The van der Waals surface area contributed by atoms with Crippen molar-refractivity contribution in [1.29, 1.82) is 0 Å². The van der Waals surface area contributed by atoms with E-state index in [4.69, 9.17) is 4.74 Å². The van der Waals surface area contributed by atoms with Gasteiger partial charge in [-0.05, 0) is 49.4 Å². The fraction of sp³-hybridized carbons (Fsp3) is 0.962. The summed E-state index contributed by atoms with van der Waals surface area (Å²) in [6.45, 7) is 21.7. The highest BCUT2D eigenvalue weighted by Crippen LogP contribution is 2.23. The predicted octanol–water partition coefficient (Wildman–Crippen LogP) is 15.8. The standard InChI is InChI=1S/C52H104N2O3/c1-9-17-21-25-29-33-37-47(13-5)41-53(42-48(14-6)38-34-30-26-22-18-10-2)51(55)45-57-46-52(56)54(43-49(15-7)39-35-31-27-23-19-11-3)44-50(16-8)40-36-32-28-24-20-12-4/h47-50H,9-46H2,1-8H3. The van der Waals surface area contributed by atoms with Gasteiger partial charge in [0.25, 0.3) is 0 Å². The molecular formula is C52H104N2O3. The molecule has 0 bridgehead atoms. The molecule has 0 aromatic heterocycles. The first kappa shape index (κ1) is 55.9. The molecule has 0 aromatic rings. The van der Waals surface area contributed by atoms with E-state index in [2.05, 4.69) is 65.2 Å². The molecule has 0 heterocycles. The number of nitrogens with zero attached hydrogens (tertiary/aromatic N) is 2. The van der Waals surface area contributed by atoms with Gasteiger partial charge in [-0.15, -0.1) is 0 Å². The molecule has 0 N–H and O–H groups in total. The van der Waals surface area contributed by atoms with Crippen LogP contribution in [0, 0.1) is 23.7 Å². The molecule has 0 aliphatic rings. The van der Waals surface area contributed by atoms with Gasteiger partial charge in [0.15, 0.2) is 0 Å². The molecule has 0 rings (SSSR count). The highest BCUT2D eigenvalue weighted by Gasteiger charge is 2.25. The molecule has 57 heavy (non-hydrogen) atoms. The summed E-state index contributed by atoms with van der Waals surface area (Å²) in [7, 11) is 0. The van der Waals surface area contributed by atoms with E-state index in [1.165, 1.54) is 180 Å². The van der Waals surface area contributed by atoms with E-state index in [1.807, 2.05) is 0 Å². The molecule has 5 nitrogen and oxygen atoms in total. The highest BCUT2D eigenvalue weighted by atomic mass is 16.5. The summed E-state index contributed by atoms with van der Waals surface area (Å²) in [5.41, 5.74) is 0. The molecule has 0 spiro atoms. The van der Waals surface area contributed by atoms with Crippen LogP contribution in [0.25, 0.3) is 0 Å². The molecule has 5 heteroatoms. The molecular weight excluding hydrogens is 701 g/mol. The Balaban J connectivity index is 5.65. The van der Waals surface area contributed by atoms with Gasteiger partial charge in [0, 0.05) is 26.2 Å². The number of unbranched alkanes of at least 4 members (excludes halogenated alkanes) is 20. The second kappa shape index (κ2) is 41.6. The lowest BCUT2D eigenvalue weighted by Gasteiger charge is -2.32. The molecule has 4 unspecified atom stereocenters. The van der Waals surface area contributed by atoms with Gasteiger partial charge in [0.2, 0.25) is 11.8 Å². The Labute approximate surface area is 358 Å². The lowest BCUT2D eigenvalue weighted by molar-refractivity contribution is -0.143. The largest absolute Gasteiger partial charge is 0.362 e. The van der Waals surface area contributed by atoms with Crippen molar-refractivity contribution in [3.8, 4) is 0 Å². The molecule has 0 aliphatic carbocycles. The quantitative estimate of drug-likeness (QED) is 0.0576. The van der Waals surface area contributed by atoms with Crippen molar-refractivity contribution < 1.29 is 14.3 Å². The first-order valence-corrected chi connectivity index (χ1v) is 26.0. The Hall–Kier alpha value is -1.10. The van der Waals surface area contributed by atoms with Crippen LogP contribution in [0.5, 0.6) is 0 Å². The average Bonchev–Trinajstić information content (AvgIpc) is 3.22. The maximum Gasteiger partial charge on any atom is 0.248 e. The Morgan fingerprint density at radius 2 is 0.544 bits per heavy atom. The van der Waals surface area contributed by atoms with Gasteiger partial charge in [-0.3, -0.25) is 9.59 Å². The summed E-state index contributed by atoms with van der Waals surface area (Å²) in [5, 5.41) is 0. The zero-order valence-corrected chi connectivity index (χ0v) is 40.3. The third kappa shape index (κ3) is 32.4. The first-order chi connectivity index (χ1) is 27.8. The Bertz CT molecular complexity index is 744. The van der Waals surface area contributed by atoms with Gasteiger partial charge in [0.1, 0.15) is 13.2 Å². The van der Waals surface area contributed by atoms with Gasteiger partial charge in [-0.25, -0.2) is 0 Å². The van der Waals surface area contributed by atoms with Crippen molar-refractivity contribution in [1.82, 2.24) is 9.80 Å². The van der Waals surface area contributed by atoms with Crippen LogP contribution >= 0.6 is 0 Å². The van der Waals surface area contributed by atoms with Crippen molar-refractivity contribution in [3.63, 3.8) is 0 Å². The summed E-state index contributed by atoms with van der Waals surface area (Å²) in [6.07, 6.45) is 40.7. The maximum absolute atomic E-state index is 14.0. The number of hydrogen-bond acceptors (Lipinski definition) is 3. The Kier molecular flexibility index (Phi) is 40.8. The fourth-order valence-corrected chi connectivity index (χ4v) is 8.76. The van der Waals surface area contributed by atoms with Crippen LogP contribution < -0.4 is 0 Å². The average molecular weight is 805 g/mol. The van der Waals surface area contributed by atoms with Crippen LogP contribution in [0.2, 0.25) is 0 Å². The van der Waals surface area contributed by atoms with E-state index in [0.29, 0.717) is 23.7 Å². The van der Waals surface area contributed by atoms with Crippen molar-refractivity contribution in [2.45, 2.75) is 261 Å². The van der Waals surface area contributed by atoms with Crippen molar-refractivity contribution in [3.05, 3.63) is 0 Å². The summed E-state index contributed by atoms with van der Waals surface area (Å²) < 4.78 is 6.14. The highest BCUT2D eigenvalue weighted by molar-refractivity contribution is 5.79. The monoisotopic (exact) mass is 805 g/mol. The van der Waals surface area contributed by atoms with E-state index in [9.17, 15) is 9.59 Å². The van der Waals surface area contributed by atoms with Gasteiger partial charge >= 0.3 is 0 Å². The number of ether oxygens (including phenoxy) is 1. The first-order valence-electron chi connectivity index (χ1n) is 26.0. The minimum atomic E-state index is 0.0183. The van der Waals surface area contributed by atoms with E-state index in [1.54, 1.807) is 0 Å². The molecule has 2 amide bonds. The van der Waals surface area contributed by atoms with Gasteiger partial charge in [-0.1, -0.05) is 235 Å². The van der Waals surface area contributed by atoms with Crippen molar-refractivity contribution in [2.75, 3.05) is 39.4 Å². The number of rotatable bonds is 44.